The molecule has 0 aliphatic carbocycles. The normalized spacial score (nSPS) is 15.6. The molecule has 1 N–H and O–H groups in total. The van der Waals surface area contributed by atoms with Crippen molar-refractivity contribution in [2.24, 2.45) is 0 Å². The van der Waals surface area contributed by atoms with Crippen molar-refractivity contribution in [3.63, 3.8) is 0 Å². The van der Waals surface area contributed by atoms with Crippen molar-refractivity contribution >= 4 is 5.82 Å². The van der Waals surface area contributed by atoms with Crippen LogP contribution in [0, 0.1) is 11.6 Å². The first-order valence-corrected chi connectivity index (χ1v) is 10.5. The average molecular weight is 432 g/mol. The van der Waals surface area contributed by atoms with E-state index in [0.29, 0.717) is 0 Å². The summed E-state index contributed by atoms with van der Waals surface area (Å²) in [4.78, 5) is 13.7. The highest BCUT2D eigenvalue weighted by Crippen LogP contribution is 2.32. The van der Waals surface area contributed by atoms with Crippen molar-refractivity contribution in [2.75, 3.05) is 31.1 Å². The van der Waals surface area contributed by atoms with E-state index < -0.39 is 0 Å². The van der Waals surface area contributed by atoms with Gasteiger partial charge in [-0.15, -0.1) is 0 Å². The molecular weight excluding hydrogens is 410 g/mol. The molecule has 0 saturated carbocycles. The van der Waals surface area contributed by atoms with Gasteiger partial charge in [0, 0.05) is 55.9 Å². The van der Waals surface area contributed by atoms with Crippen molar-refractivity contribution in [3.8, 4) is 11.3 Å². The van der Waals surface area contributed by atoms with Crippen LogP contribution in [0.1, 0.15) is 17.2 Å². The van der Waals surface area contributed by atoms with Gasteiger partial charge in [0.1, 0.15) is 17.3 Å². The fourth-order valence-corrected chi connectivity index (χ4v) is 4.23. The molecule has 1 unspecified atom stereocenters. The van der Waals surface area contributed by atoms with Gasteiger partial charge in [0.2, 0.25) is 0 Å². The van der Waals surface area contributed by atoms with Crippen LogP contribution in [-0.4, -0.2) is 51.2 Å². The summed E-state index contributed by atoms with van der Waals surface area (Å²) >= 11 is 0. The molecule has 162 valence electrons. The number of piperazine rings is 1. The summed E-state index contributed by atoms with van der Waals surface area (Å²) in [6.45, 7) is 3.07. The monoisotopic (exact) mass is 432 g/mol. The number of anilines is 1. The number of benzene rings is 2. The molecule has 3 heterocycles. The second-order valence-corrected chi connectivity index (χ2v) is 7.74. The van der Waals surface area contributed by atoms with Crippen molar-refractivity contribution < 1.29 is 8.78 Å². The van der Waals surface area contributed by atoms with Crippen LogP contribution in [0.15, 0.2) is 73.3 Å². The molecule has 1 saturated heterocycles. The maximum absolute atomic E-state index is 13.5. The number of rotatable bonds is 5. The number of nitrogens with one attached hydrogen (secondary N) is 1. The molecule has 0 spiro atoms. The molecule has 32 heavy (non-hydrogen) atoms. The Bertz CT molecular complexity index is 1150. The summed E-state index contributed by atoms with van der Waals surface area (Å²) in [6, 6.07) is 12.9. The van der Waals surface area contributed by atoms with E-state index in [0.717, 1.165) is 54.4 Å². The molecule has 2 aromatic carbocycles. The zero-order chi connectivity index (χ0) is 21.9. The predicted octanol–water partition coefficient (Wildman–Crippen LogP) is 4.06. The third kappa shape index (κ3) is 4.09. The number of aromatic nitrogens is 4. The summed E-state index contributed by atoms with van der Waals surface area (Å²) in [5.74, 6) is 0.264. The van der Waals surface area contributed by atoms with E-state index in [4.69, 9.17) is 0 Å². The highest BCUT2D eigenvalue weighted by molar-refractivity contribution is 5.72. The predicted molar refractivity (Wildman–Crippen MR) is 118 cm³/mol. The Balaban J connectivity index is 1.38. The van der Waals surface area contributed by atoms with Crippen LogP contribution in [0.4, 0.5) is 14.6 Å². The molecule has 1 aliphatic heterocycles. The third-order valence-electron chi connectivity index (χ3n) is 5.80. The van der Waals surface area contributed by atoms with Crippen LogP contribution in [0.5, 0.6) is 0 Å². The molecule has 1 aliphatic rings. The molecule has 0 amide bonds. The molecule has 1 fully saturated rings. The minimum absolute atomic E-state index is 0.0186. The zero-order valence-electron chi connectivity index (χ0n) is 17.3. The van der Waals surface area contributed by atoms with E-state index in [1.807, 2.05) is 24.5 Å². The van der Waals surface area contributed by atoms with Gasteiger partial charge in [-0.3, -0.25) is 15.0 Å². The van der Waals surface area contributed by atoms with Crippen LogP contribution in [0.25, 0.3) is 11.3 Å². The molecule has 5 rings (SSSR count). The Labute approximate surface area is 184 Å². The Morgan fingerprint density at radius 1 is 0.781 bits per heavy atom. The van der Waals surface area contributed by atoms with Crippen molar-refractivity contribution in [2.45, 2.75) is 6.04 Å². The van der Waals surface area contributed by atoms with Crippen molar-refractivity contribution in [1.29, 1.82) is 0 Å². The second-order valence-electron chi connectivity index (χ2n) is 7.74. The lowest BCUT2D eigenvalue weighted by atomic mass is 9.99. The van der Waals surface area contributed by atoms with Gasteiger partial charge in [-0.25, -0.2) is 13.8 Å². The van der Waals surface area contributed by atoms with E-state index in [2.05, 4.69) is 30.0 Å². The Morgan fingerprint density at radius 2 is 1.44 bits per heavy atom. The van der Waals surface area contributed by atoms with Crippen LogP contribution in [0.3, 0.4) is 0 Å². The third-order valence-corrected chi connectivity index (χ3v) is 5.80. The van der Waals surface area contributed by atoms with Crippen molar-refractivity contribution in [3.05, 3.63) is 96.1 Å². The van der Waals surface area contributed by atoms with Gasteiger partial charge >= 0.3 is 0 Å². The second kappa shape index (κ2) is 8.84. The molecule has 0 radical (unpaired) electrons. The summed E-state index contributed by atoms with van der Waals surface area (Å²) in [6.07, 6.45) is 7.04. The maximum Gasteiger partial charge on any atom is 0.155 e. The summed E-state index contributed by atoms with van der Waals surface area (Å²) < 4.78 is 26.9. The highest BCUT2D eigenvalue weighted by Gasteiger charge is 2.28. The van der Waals surface area contributed by atoms with E-state index >= 15 is 0 Å². The van der Waals surface area contributed by atoms with Gasteiger partial charge in [0.15, 0.2) is 5.82 Å². The van der Waals surface area contributed by atoms with Gasteiger partial charge < -0.3 is 4.90 Å². The number of hydrogen-bond acceptors (Lipinski definition) is 5. The molecular formula is C24H22F2N6. The van der Waals surface area contributed by atoms with E-state index in [9.17, 15) is 8.78 Å². The number of H-pyrrole nitrogens is 1. The Hall–Kier alpha value is -3.65. The molecule has 2 aromatic heterocycles. The van der Waals surface area contributed by atoms with E-state index in [1.54, 1.807) is 24.5 Å². The standard InChI is InChI=1S/C24H22F2N6/c25-20-5-1-17(2-6-20)22-24(28-10-9-27-22)32-13-11-31(12-14-32)23(19-15-29-30-16-19)18-3-7-21(26)8-4-18/h1-10,15-16,23H,11-14H2,(H,29,30). The number of halogens is 2. The molecule has 1 atom stereocenters. The van der Waals surface area contributed by atoms with Gasteiger partial charge in [0.05, 0.1) is 12.2 Å². The fraction of sp³-hybridized carbons (Fsp3) is 0.208. The van der Waals surface area contributed by atoms with Gasteiger partial charge in [-0.1, -0.05) is 12.1 Å². The first kappa shape index (κ1) is 20.3. The topological polar surface area (TPSA) is 60.9 Å². The first-order chi connectivity index (χ1) is 15.7. The minimum atomic E-state index is -0.279. The Kier molecular flexibility index (Phi) is 5.60. The number of aromatic amines is 1. The lowest BCUT2D eigenvalue weighted by molar-refractivity contribution is 0.212. The van der Waals surface area contributed by atoms with E-state index in [1.165, 1.54) is 24.3 Å². The smallest absolute Gasteiger partial charge is 0.155 e. The SMILES string of the molecule is Fc1ccc(-c2nccnc2N2CCN(C(c3ccc(F)cc3)c3cn[nH]c3)CC2)cc1. The minimum Gasteiger partial charge on any atom is -0.352 e. The first-order valence-electron chi connectivity index (χ1n) is 10.5. The molecule has 8 heteroatoms. The number of hydrogen-bond donors (Lipinski definition) is 1. The summed E-state index contributed by atoms with van der Waals surface area (Å²) in [7, 11) is 0. The summed E-state index contributed by atoms with van der Waals surface area (Å²) in [5, 5.41) is 7.00. The molecule has 6 nitrogen and oxygen atoms in total. The Morgan fingerprint density at radius 3 is 2.09 bits per heavy atom. The zero-order valence-corrected chi connectivity index (χ0v) is 17.3. The van der Waals surface area contributed by atoms with Gasteiger partial charge in [-0.2, -0.15) is 5.10 Å². The van der Waals surface area contributed by atoms with Crippen LogP contribution in [0.2, 0.25) is 0 Å². The van der Waals surface area contributed by atoms with Crippen LogP contribution in [-0.2, 0) is 0 Å². The van der Waals surface area contributed by atoms with Gasteiger partial charge in [-0.05, 0) is 42.0 Å². The quantitative estimate of drug-likeness (QED) is 0.516. The van der Waals surface area contributed by atoms with Crippen molar-refractivity contribution in [1.82, 2.24) is 25.1 Å². The lowest BCUT2D eigenvalue weighted by Gasteiger charge is -2.40. The number of nitrogens with zero attached hydrogens (tertiary/aromatic N) is 5. The largest absolute Gasteiger partial charge is 0.352 e. The highest BCUT2D eigenvalue weighted by atomic mass is 19.1. The maximum atomic E-state index is 13.5. The molecule has 4 aromatic rings. The lowest BCUT2D eigenvalue weighted by Crippen LogP contribution is -2.48. The molecule has 0 bridgehead atoms. The summed E-state index contributed by atoms with van der Waals surface area (Å²) in [5.41, 5.74) is 3.63. The fourth-order valence-electron chi connectivity index (χ4n) is 4.23. The van der Waals surface area contributed by atoms with E-state index in [-0.39, 0.29) is 17.7 Å². The van der Waals surface area contributed by atoms with Gasteiger partial charge in [0.25, 0.3) is 0 Å². The van der Waals surface area contributed by atoms with Crippen LogP contribution < -0.4 is 4.90 Å². The average Bonchev–Trinajstić information content (AvgIpc) is 3.36. The van der Waals surface area contributed by atoms with Crippen LogP contribution >= 0.6 is 0 Å².